The van der Waals surface area contributed by atoms with Crippen molar-refractivity contribution in [3.05, 3.63) is 17.7 Å². The van der Waals surface area contributed by atoms with Crippen molar-refractivity contribution in [1.29, 1.82) is 0 Å². The predicted molar refractivity (Wildman–Crippen MR) is 84.1 cm³/mol. The number of nitrogens with zero attached hydrogens (tertiary/aromatic N) is 1. The molecule has 1 aromatic carbocycles. The summed E-state index contributed by atoms with van der Waals surface area (Å²) in [4.78, 5) is 24.3. The van der Waals surface area contributed by atoms with Gasteiger partial charge in [-0.25, -0.2) is 9.59 Å². The number of carboxylic acid groups (broad SMARTS) is 2. The summed E-state index contributed by atoms with van der Waals surface area (Å²) in [6, 6.07) is 3.29. The van der Waals surface area contributed by atoms with Crippen LogP contribution in [0.4, 0.5) is 4.79 Å². The minimum Gasteiger partial charge on any atom is -0.493 e. The van der Waals surface area contributed by atoms with E-state index in [0.29, 0.717) is 29.2 Å². The van der Waals surface area contributed by atoms with Gasteiger partial charge in [-0.2, -0.15) is 0 Å². The lowest BCUT2D eigenvalue weighted by molar-refractivity contribution is -0.148. The van der Waals surface area contributed by atoms with Crippen LogP contribution in [0, 0.1) is 0 Å². The maximum atomic E-state index is 11.9. The fourth-order valence-corrected chi connectivity index (χ4v) is 3.21. The number of hydrogen-bond donors (Lipinski definition) is 2. The molecule has 8 heteroatoms. The summed E-state index contributed by atoms with van der Waals surface area (Å²) in [5, 5.41) is 19.1. The fourth-order valence-electron chi connectivity index (χ4n) is 3.21. The molecule has 24 heavy (non-hydrogen) atoms. The molecule has 1 fully saturated rings. The molecule has 1 aromatic rings. The van der Waals surface area contributed by atoms with Crippen LogP contribution < -0.4 is 14.2 Å². The van der Waals surface area contributed by atoms with Gasteiger partial charge in [-0.3, -0.25) is 4.90 Å². The van der Waals surface area contributed by atoms with E-state index in [1.54, 1.807) is 12.1 Å². The van der Waals surface area contributed by atoms with Crippen molar-refractivity contribution < 1.29 is 34.0 Å². The Labute approximate surface area is 139 Å². The Balaban J connectivity index is 2.47. The second-order valence-corrected chi connectivity index (χ2v) is 5.58. The minimum atomic E-state index is -1.49. The van der Waals surface area contributed by atoms with Gasteiger partial charge in [0, 0.05) is 13.0 Å². The number of methoxy groups -OCH3 is 3. The SMILES string of the molecule is COc1cc(CC2(C(=O)O)CCCN2C(=O)O)cc(OC)c1OC. The molecule has 132 valence electrons. The molecule has 1 saturated heterocycles. The molecule has 0 radical (unpaired) electrons. The molecule has 1 atom stereocenters. The van der Waals surface area contributed by atoms with Gasteiger partial charge in [-0.05, 0) is 30.5 Å². The predicted octanol–water partition coefficient (Wildman–Crippen LogP) is 1.85. The topological polar surface area (TPSA) is 106 Å². The molecule has 2 N–H and O–H groups in total. The summed E-state index contributed by atoms with van der Waals surface area (Å²) >= 11 is 0. The number of hydrogen-bond acceptors (Lipinski definition) is 5. The van der Waals surface area contributed by atoms with Crippen molar-refractivity contribution in [3.63, 3.8) is 0 Å². The summed E-state index contributed by atoms with van der Waals surface area (Å²) in [5.41, 5.74) is -0.892. The molecule has 1 unspecified atom stereocenters. The first kappa shape index (κ1) is 17.7. The van der Waals surface area contributed by atoms with E-state index in [0.717, 1.165) is 4.90 Å². The molecule has 1 aliphatic heterocycles. The number of benzene rings is 1. The molecular weight excluding hydrogens is 318 g/mol. The van der Waals surface area contributed by atoms with E-state index in [9.17, 15) is 19.8 Å². The third kappa shape index (κ3) is 2.91. The first-order valence-corrected chi connectivity index (χ1v) is 7.42. The third-order valence-corrected chi connectivity index (χ3v) is 4.34. The Morgan fingerprint density at radius 2 is 1.71 bits per heavy atom. The Hall–Kier alpha value is -2.64. The molecule has 2 rings (SSSR count). The number of carboxylic acids is 1. The monoisotopic (exact) mass is 339 g/mol. The molecule has 1 aliphatic rings. The van der Waals surface area contributed by atoms with E-state index in [1.807, 2.05) is 0 Å². The highest BCUT2D eigenvalue weighted by atomic mass is 16.5. The average Bonchev–Trinajstić information content (AvgIpc) is 2.99. The maximum absolute atomic E-state index is 11.9. The highest BCUT2D eigenvalue weighted by Crippen LogP contribution is 2.41. The smallest absolute Gasteiger partial charge is 0.408 e. The van der Waals surface area contributed by atoms with Crippen LogP contribution in [0.1, 0.15) is 18.4 Å². The van der Waals surface area contributed by atoms with Gasteiger partial charge in [-0.15, -0.1) is 0 Å². The quantitative estimate of drug-likeness (QED) is 0.814. The minimum absolute atomic E-state index is 0.0192. The molecule has 0 aromatic heterocycles. The second kappa shape index (κ2) is 6.86. The van der Waals surface area contributed by atoms with Crippen molar-refractivity contribution in [2.45, 2.75) is 24.8 Å². The van der Waals surface area contributed by atoms with E-state index in [-0.39, 0.29) is 19.4 Å². The van der Waals surface area contributed by atoms with E-state index < -0.39 is 17.6 Å². The van der Waals surface area contributed by atoms with E-state index >= 15 is 0 Å². The lowest BCUT2D eigenvalue weighted by atomic mass is 9.88. The lowest BCUT2D eigenvalue weighted by Crippen LogP contribution is -2.54. The third-order valence-electron chi connectivity index (χ3n) is 4.34. The number of likely N-dealkylation sites (tertiary alicyclic amines) is 1. The highest BCUT2D eigenvalue weighted by molar-refractivity contribution is 5.85. The molecule has 8 nitrogen and oxygen atoms in total. The standard InChI is InChI=1S/C16H21NO7/c1-22-11-7-10(8-12(23-2)13(11)24-3)9-16(14(18)19)5-4-6-17(16)15(20)21/h7-8H,4-6,9H2,1-3H3,(H,18,19)(H,20,21). The second-order valence-electron chi connectivity index (χ2n) is 5.58. The van der Waals surface area contributed by atoms with E-state index in [1.165, 1.54) is 21.3 Å². The van der Waals surface area contributed by atoms with Crippen LogP contribution in [-0.4, -0.2) is 60.6 Å². The molecule has 0 saturated carbocycles. The van der Waals surface area contributed by atoms with Gasteiger partial charge in [0.1, 0.15) is 5.54 Å². The van der Waals surface area contributed by atoms with Crippen LogP contribution in [-0.2, 0) is 11.2 Å². The maximum Gasteiger partial charge on any atom is 0.408 e. The van der Waals surface area contributed by atoms with Crippen LogP contribution in [0.15, 0.2) is 12.1 Å². The van der Waals surface area contributed by atoms with Gasteiger partial charge in [0.05, 0.1) is 21.3 Å². The zero-order valence-corrected chi connectivity index (χ0v) is 13.9. The summed E-state index contributed by atoms with van der Waals surface area (Å²) in [6.45, 7) is 0.200. The average molecular weight is 339 g/mol. The molecule has 1 heterocycles. The molecule has 0 bridgehead atoms. The van der Waals surface area contributed by atoms with Gasteiger partial charge in [0.15, 0.2) is 11.5 Å². The summed E-state index contributed by atoms with van der Waals surface area (Å²) in [5.74, 6) is 0.0327. The van der Waals surface area contributed by atoms with Crippen LogP contribution >= 0.6 is 0 Å². The zero-order chi connectivity index (χ0) is 17.9. The summed E-state index contributed by atoms with van der Waals surface area (Å²) in [6.07, 6.45) is -0.456. The van der Waals surface area contributed by atoms with Crippen molar-refractivity contribution in [3.8, 4) is 17.2 Å². The zero-order valence-electron chi connectivity index (χ0n) is 13.9. The number of rotatable bonds is 6. The van der Waals surface area contributed by atoms with Crippen LogP contribution in [0.25, 0.3) is 0 Å². The Kier molecular flexibility index (Phi) is 5.06. The van der Waals surface area contributed by atoms with Crippen molar-refractivity contribution in [2.24, 2.45) is 0 Å². The number of aliphatic carboxylic acids is 1. The number of carbonyl (C=O) groups is 2. The van der Waals surface area contributed by atoms with E-state index in [2.05, 4.69) is 0 Å². The molecule has 0 spiro atoms. The van der Waals surface area contributed by atoms with Crippen LogP contribution in [0.3, 0.4) is 0 Å². The number of amides is 1. The first-order chi connectivity index (χ1) is 11.4. The summed E-state index contributed by atoms with van der Waals surface area (Å²) < 4.78 is 15.8. The highest BCUT2D eigenvalue weighted by Gasteiger charge is 2.50. The lowest BCUT2D eigenvalue weighted by Gasteiger charge is -2.33. The van der Waals surface area contributed by atoms with Crippen molar-refractivity contribution >= 4 is 12.1 Å². The summed E-state index contributed by atoms with van der Waals surface area (Å²) in [7, 11) is 4.40. The molecular formula is C16H21NO7. The Bertz CT molecular complexity index is 620. The van der Waals surface area contributed by atoms with Gasteiger partial charge in [0.2, 0.25) is 5.75 Å². The largest absolute Gasteiger partial charge is 0.493 e. The van der Waals surface area contributed by atoms with Crippen LogP contribution in [0.2, 0.25) is 0 Å². The van der Waals surface area contributed by atoms with Crippen molar-refractivity contribution in [1.82, 2.24) is 4.90 Å². The molecule has 0 aliphatic carbocycles. The van der Waals surface area contributed by atoms with E-state index in [4.69, 9.17) is 14.2 Å². The molecule has 1 amide bonds. The fraction of sp³-hybridized carbons (Fsp3) is 0.500. The Morgan fingerprint density at radius 1 is 1.12 bits per heavy atom. The first-order valence-electron chi connectivity index (χ1n) is 7.42. The van der Waals surface area contributed by atoms with Crippen molar-refractivity contribution in [2.75, 3.05) is 27.9 Å². The van der Waals surface area contributed by atoms with Gasteiger partial charge >= 0.3 is 12.1 Å². The van der Waals surface area contributed by atoms with Gasteiger partial charge in [0.25, 0.3) is 0 Å². The van der Waals surface area contributed by atoms with Crippen LogP contribution in [0.5, 0.6) is 17.2 Å². The Morgan fingerprint density at radius 3 is 2.12 bits per heavy atom. The normalized spacial score (nSPS) is 19.9. The van der Waals surface area contributed by atoms with Gasteiger partial charge in [-0.1, -0.05) is 0 Å². The van der Waals surface area contributed by atoms with Gasteiger partial charge < -0.3 is 24.4 Å². The number of ether oxygens (including phenoxy) is 3.